The summed E-state index contributed by atoms with van der Waals surface area (Å²) in [6.07, 6.45) is -3.12. The third-order valence-electron chi connectivity index (χ3n) is 1.60. The molecular weight excluding hydrogens is 275 g/mol. The van der Waals surface area contributed by atoms with Crippen LogP contribution in [-0.2, 0) is 6.18 Å². The van der Waals surface area contributed by atoms with Gasteiger partial charge in [-0.2, -0.15) is 13.2 Å². The van der Waals surface area contributed by atoms with E-state index in [0.717, 1.165) is 6.07 Å². The molecule has 1 rings (SSSR count). The van der Waals surface area contributed by atoms with Crippen LogP contribution in [0.3, 0.4) is 0 Å². The molecule has 0 saturated heterocycles. The molecule has 0 radical (unpaired) electrons. The molecule has 0 saturated carbocycles. The van der Waals surface area contributed by atoms with E-state index in [-0.39, 0.29) is 23.4 Å². The number of rotatable bonds is 3. The number of nitrogens with two attached hydrogens (primary N) is 1. The predicted molar refractivity (Wildman–Crippen MR) is 54.5 cm³/mol. The van der Waals surface area contributed by atoms with Crippen LogP contribution in [0.1, 0.15) is 5.56 Å². The minimum absolute atomic E-state index is 0.198. The van der Waals surface area contributed by atoms with Crippen molar-refractivity contribution in [3.63, 3.8) is 0 Å². The molecule has 0 atom stereocenters. The Balaban J connectivity index is 3.04. The third kappa shape index (κ3) is 3.35. The number of nitrogens with zero attached hydrogens (tertiary/aromatic N) is 1. The van der Waals surface area contributed by atoms with Crippen molar-refractivity contribution in [3.05, 3.63) is 22.3 Å². The molecule has 1 aromatic rings. The van der Waals surface area contributed by atoms with E-state index in [1.54, 1.807) is 0 Å². The average Bonchev–Trinajstić information content (AvgIpc) is 2.14. The van der Waals surface area contributed by atoms with Crippen molar-refractivity contribution in [2.75, 3.05) is 18.4 Å². The van der Waals surface area contributed by atoms with Gasteiger partial charge in [0.15, 0.2) is 0 Å². The quantitative estimate of drug-likeness (QED) is 0.895. The monoisotopic (exact) mass is 283 g/mol. The van der Waals surface area contributed by atoms with Crippen LogP contribution in [0.4, 0.5) is 19.0 Å². The van der Waals surface area contributed by atoms with E-state index in [4.69, 9.17) is 5.73 Å². The van der Waals surface area contributed by atoms with Crippen molar-refractivity contribution in [3.8, 4) is 0 Å². The predicted octanol–water partition coefficient (Wildman–Crippen LogP) is 2.23. The second kappa shape index (κ2) is 4.80. The van der Waals surface area contributed by atoms with Gasteiger partial charge >= 0.3 is 6.18 Å². The van der Waals surface area contributed by atoms with Gasteiger partial charge in [0, 0.05) is 23.8 Å². The Kier molecular flexibility index (Phi) is 3.92. The van der Waals surface area contributed by atoms with Crippen LogP contribution in [0.15, 0.2) is 16.7 Å². The van der Waals surface area contributed by atoms with Gasteiger partial charge in [0.25, 0.3) is 0 Å². The maximum absolute atomic E-state index is 12.5. The Bertz CT molecular complexity index is 340. The Morgan fingerprint density at radius 1 is 1.47 bits per heavy atom. The summed E-state index contributed by atoms with van der Waals surface area (Å²) in [7, 11) is 0. The van der Waals surface area contributed by atoms with Gasteiger partial charge < -0.3 is 11.1 Å². The highest BCUT2D eigenvalue weighted by Crippen LogP contribution is 2.35. The van der Waals surface area contributed by atoms with Gasteiger partial charge in [-0.15, -0.1) is 0 Å². The van der Waals surface area contributed by atoms with Crippen molar-refractivity contribution < 1.29 is 13.2 Å². The molecule has 0 spiro atoms. The zero-order valence-electron chi connectivity index (χ0n) is 7.61. The fourth-order valence-electron chi connectivity index (χ4n) is 0.987. The molecule has 3 N–H and O–H groups in total. The topological polar surface area (TPSA) is 50.9 Å². The number of nitrogens with one attached hydrogen (secondary N) is 1. The van der Waals surface area contributed by atoms with Crippen LogP contribution in [0.2, 0.25) is 0 Å². The maximum Gasteiger partial charge on any atom is 0.419 e. The molecule has 3 nitrogen and oxygen atoms in total. The van der Waals surface area contributed by atoms with E-state index in [1.165, 1.54) is 6.20 Å². The van der Waals surface area contributed by atoms with Crippen LogP contribution in [0, 0.1) is 0 Å². The van der Waals surface area contributed by atoms with Crippen LogP contribution in [0.5, 0.6) is 0 Å². The molecule has 1 heterocycles. The highest BCUT2D eigenvalue weighted by Gasteiger charge is 2.34. The Morgan fingerprint density at radius 3 is 2.67 bits per heavy atom. The molecule has 0 aliphatic heterocycles. The first-order chi connectivity index (χ1) is 6.95. The van der Waals surface area contributed by atoms with E-state index >= 15 is 0 Å². The van der Waals surface area contributed by atoms with Crippen molar-refractivity contribution in [2.24, 2.45) is 5.73 Å². The van der Waals surface area contributed by atoms with E-state index < -0.39 is 11.7 Å². The molecule has 0 unspecified atom stereocenters. The van der Waals surface area contributed by atoms with Gasteiger partial charge in [-0.3, -0.25) is 0 Å². The number of alkyl halides is 3. The molecule has 15 heavy (non-hydrogen) atoms. The third-order valence-corrected chi connectivity index (χ3v) is 2.03. The number of halogens is 4. The largest absolute Gasteiger partial charge is 0.419 e. The molecule has 84 valence electrons. The van der Waals surface area contributed by atoms with Gasteiger partial charge in [0.1, 0.15) is 5.82 Å². The summed E-state index contributed by atoms with van der Waals surface area (Å²) in [6.45, 7) is 0.493. The maximum atomic E-state index is 12.5. The van der Waals surface area contributed by atoms with Crippen molar-refractivity contribution in [2.45, 2.75) is 6.18 Å². The molecule has 1 aromatic heterocycles. The first kappa shape index (κ1) is 12.3. The van der Waals surface area contributed by atoms with Gasteiger partial charge in [-0.1, -0.05) is 0 Å². The number of hydrogen-bond donors (Lipinski definition) is 2. The summed E-state index contributed by atoms with van der Waals surface area (Å²) in [5, 5.41) is 2.52. The SMILES string of the molecule is NCCNc1ncc(Br)cc1C(F)(F)F. The van der Waals surface area contributed by atoms with Gasteiger partial charge in [0.2, 0.25) is 0 Å². The van der Waals surface area contributed by atoms with Gasteiger partial charge in [-0.25, -0.2) is 4.98 Å². The van der Waals surface area contributed by atoms with E-state index in [2.05, 4.69) is 26.2 Å². The zero-order valence-corrected chi connectivity index (χ0v) is 9.19. The number of anilines is 1. The zero-order chi connectivity index (χ0) is 11.5. The highest BCUT2D eigenvalue weighted by molar-refractivity contribution is 9.10. The first-order valence-corrected chi connectivity index (χ1v) is 4.91. The van der Waals surface area contributed by atoms with E-state index in [1.807, 2.05) is 0 Å². The van der Waals surface area contributed by atoms with Crippen molar-refractivity contribution >= 4 is 21.7 Å². The summed E-state index contributed by atoms with van der Waals surface area (Å²) in [6, 6.07) is 0.978. The Hall–Kier alpha value is -0.820. The Labute approximate surface area is 93.0 Å². The minimum Gasteiger partial charge on any atom is -0.368 e. The fourth-order valence-corrected chi connectivity index (χ4v) is 1.32. The van der Waals surface area contributed by atoms with Gasteiger partial charge in [0.05, 0.1) is 5.56 Å². The van der Waals surface area contributed by atoms with Crippen molar-refractivity contribution in [1.29, 1.82) is 0 Å². The lowest BCUT2D eigenvalue weighted by Crippen LogP contribution is -2.17. The summed E-state index contributed by atoms with van der Waals surface area (Å²) in [5.74, 6) is -0.198. The minimum atomic E-state index is -4.42. The summed E-state index contributed by atoms with van der Waals surface area (Å²) >= 11 is 2.94. The lowest BCUT2D eigenvalue weighted by molar-refractivity contribution is -0.137. The molecule has 7 heteroatoms. The standard InChI is InChI=1S/C8H9BrF3N3/c9-5-3-6(8(10,11)12)7(15-4-5)14-2-1-13/h3-4H,1-2,13H2,(H,14,15). The first-order valence-electron chi connectivity index (χ1n) is 4.12. The summed E-state index contributed by atoms with van der Waals surface area (Å²) in [4.78, 5) is 3.65. The van der Waals surface area contributed by atoms with Crippen LogP contribution < -0.4 is 11.1 Å². The van der Waals surface area contributed by atoms with Gasteiger partial charge in [-0.05, 0) is 22.0 Å². The van der Waals surface area contributed by atoms with Crippen LogP contribution >= 0.6 is 15.9 Å². The molecule has 0 fully saturated rings. The molecule has 0 aliphatic carbocycles. The fraction of sp³-hybridized carbons (Fsp3) is 0.375. The summed E-state index contributed by atoms with van der Waals surface area (Å²) < 4.78 is 37.9. The molecule has 0 bridgehead atoms. The molecule has 0 aromatic carbocycles. The number of hydrogen-bond acceptors (Lipinski definition) is 3. The smallest absolute Gasteiger partial charge is 0.368 e. The second-order valence-corrected chi connectivity index (χ2v) is 3.68. The molecule has 0 aliphatic rings. The van der Waals surface area contributed by atoms with Crippen LogP contribution in [-0.4, -0.2) is 18.1 Å². The lowest BCUT2D eigenvalue weighted by Gasteiger charge is -2.13. The van der Waals surface area contributed by atoms with E-state index in [9.17, 15) is 13.2 Å². The Morgan fingerprint density at radius 2 is 2.13 bits per heavy atom. The summed E-state index contributed by atoms with van der Waals surface area (Å²) in [5.41, 5.74) is 4.38. The van der Waals surface area contributed by atoms with Crippen LogP contribution in [0.25, 0.3) is 0 Å². The molecular formula is C8H9BrF3N3. The lowest BCUT2D eigenvalue weighted by atomic mass is 10.2. The number of aromatic nitrogens is 1. The normalized spacial score (nSPS) is 11.5. The highest BCUT2D eigenvalue weighted by atomic mass is 79.9. The second-order valence-electron chi connectivity index (χ2n) is 2.76. The van der Waals surface area contributed by atoms with E-state index in [0.29, 0.717) is 0 Å². The average molecular weight is 284 g/mol. The number of pyridine rings is 1. The molecule has 0 amide bonds. The van der Waals surface area contributed by atoms with Crippen molar-refractivity contribution in [1.82, 2.24) is 4.98 Å².